The Morgan fingerprint density at radius 2 is 2.21 bits per heavy atom. The topological polar surface area (TPSA) is 38.1 Å². The van der Waals surface area contributed by atoms with Crippen LogP contribution < -0.4 is 5.32 Å². The Balaban J connectivity index is 1.85. The lowest BCUT2D eigenvalue weighted by Crippen LogP contribution is -2.36. The van der Waals surface area contributed by atoms with Crippen molar-refractivity contribution in [3.05, 3.63) is 27.3 Å². The van der Waals surface area contributed by atoms with Crippen LogP contribution in [0.1, 0.15) is 33.1 Å². The number of hydrogen-bond donors (Lipinski definition) is 1. The van der Waals surface area contributed by atoms with Crippen molar-refractivity contribution in [1.82, 2.24) is 10.3 Å². The molecule has 0 aliphatic heterocycles. The third kappa shape index (κ3) is 4.75. The van der Waals surface area contributed by atoms with E-state index >= 15 is 0 Å². The van der Waals surface area contributed by atoms with Crippen molar-refractivity contribution in [2.24, 2.45) is 0 Å². The minimum absolute atomic E-state index is 0.171. The van der Waals surface area contributed by atoms with Crippen molar-refractivity contribution in [1.29, 1.82) is 0 Å². The van der Waals surface area contributed by atoms with Crippen LogP contribution in [0.15, 0.2) is 25.8 Å². The van der Waals surface area contributed by atoms with Crippen LogP contribution in [0.4, 0.5) is 0 Å². The maximum absolute atomic E-state index is 5.76. The molecule has 5 heteroatoms. The summed E-state index contributed by atoms with van der Waals surface area (Å²) in [5.41, 5.74) is 1.26. The van der Waals surface area contributed by atoms with Crippen LogP contribution in [0, 0.1) is 0 Å². The molecule has 3 nitrogen and oxygen atoms in total. The van der Waals surface area contributed by atoms with E-state index in [1.54, 1.807) is 17.5 Å². The van der Waals surface area contributed by atoms with Crippen molar-refractivity contribution in [3.63, 3.8) is 0 Å². The molecule has 0 amide bonds. The summed E-state index contributed by atoms with van der Waals surface area (Å²) in [7, 11) is 0. The fourth-order valence-electron chi connectivity index (χ4n) is 1.70. The van der Waals surface area contributed by atoms with Crippen LogP contribution in [-0.4, -0.2) is 17.1 Å². The van der Waals surface area contributed by atoms with Gasteiger partial charge in [0.15, 0.2) is 11.7 Å². The molecular formula is C14H19BrN2OS. The van der Waals surface area contributed by atoms with E-state index in [1.807, 2.05) is 0 Å². The van der Waals surface area contributed by atoms with Crippen LogP contribution in [0.3, 0.4) is 0 Å². The second-order valence-corrected chi connectivity index (χ2v) is 7.83. The van der Waals surface area contributed by atoms with E-state index in [1.165, 1.54) is 0 Å². The second kappa shape index (κ2) is 6.20. The predicted molar refractivity (Wildman–Crippen MR) is 83.6 cm³/mol. The number of nitrogens with zero attached hydrogens (tertiary/aromatic N) is 1. The van der Waals surface area contributed by atoms with Gasteiger partial charge in [0, 0.05) is 22.9 Å². The molecule has 0 atom stereocenters. The SMILES string of the molecule is CC(C)(C)NCCCc1ncc(-c2csc(Br)c2)o1. The maximum atomic E-state index is 5.76. The number of rotatable bonds is 5. The summed E-state index contributed by atoms with van der Waals surface area (Å²) < 4.78 is 6.87. The molecule has 0 saturated carbocycles. The van der Waals surface area contributed by atoms with E-state index in [0.29, 0.717) is 0 Å². The van der Waals surface area contributed by atoms with Gasteiger partial charge in [0.25, 0.3) is 0 Å². The van der Waals surface area contributed by atoms with Crippen molar-refractivity contribution in [2.45, 2.75) is 39.2 Å². The largest absolute Gasteiger partial charge is 0.441 e. The summed E-state index contributed by atoms with van der Waals surface area (Å²) in [6.07, 6.45) is 3.71. The molecule has 0 saturated heterocycles. The molecule has 0 aliphatic carbocycles. The van der Waals surface area contributed by atoms with Gasteiger partial charge in [0.2, 0.25) is 0 Å². The van der Waals surface area contributed by atoms with Gasteiger partial charge < -0.3 is 9.73 Å². The van der Waals surface area contributed by atoms with Crippen LogP contribution in [0.25, 0.3) is 11.3 Å². The fourth-order valence-corrected chi connectivity index (χ4v) is 2.85. The minimum atomic E-state index is 0.171. The second-order valence-electron chi connectivity index (χ2n) is 5.54. The average Bonchev–Trinajstić information content (AvgIpc) is 2.92. The van der Waals surface area contributed by atoms with Crippen molar-refractivity contribution in [3.8, 4) is 11.3 Å². The molecule has 2 heterocycles. The van der Waals surface area contributed by atoms with E-state index in [9.17, 15) is 0 Å². The molecular weight excluding hydrogens is 324 g/mol. The molecule has 0 fully saturated rings. The van der Waals surface area contributed by atoms with Crippen LogP contribution in [0.2, 0.25) is 0 Å². The lowest BCUT2D eigenvalue weighted by atomic mass is 10.1. The Bertz CT molecular complexity index is 528. The van der Waals surface area contributed by atoms with Crippen LogP contribution in [-0.2, 0) is 6.42 Å². The fraction of sp³-hybridized carbons (Fsp3) is 0.500. The Morgan fingerprint density at radius 3 is 2.84 bits per heavy atom. The molecule has 2 rings (SSSR count). The monoisotopic (exact) mass is 342 g/mol. The summed E-state index contributed by atoms with van der Waals surface area (Å²) in [4.78, 5) is 4.33. The average molecular weight is 343 g/mol. The van der Waals surface area contributed by atoms with Crippen LogP contribution >= 0.6 is 27.3 Å². The molecule has 2 aromatic heterocycles. The Kier molecular flexibility index (Phi) is 4.81. The van der Waals surface area contributed by atoms with E-state index in [2.05, 4.69) is 58.4 Å². The van der Waals surface area contributed by atoms with E-state index in [-0.39, 0.29) is 5.54 Å². The van der Waals surface area contributed by atoms with Crippen LogP contribution in [0.5, 0.6) is 0 Å². The third-order valence-electron chi connectivity index (χ3n) is 2.63. The summed E-state index contributed by atoms with van der Waals surface area (Å²) >= 11 is 5.11. The Morgan fingerprint density at radius 1 is 1.42 bits per heavy atom. The lowest BCUT2D eigenvalue weighted by Gasteiger charge is -2.19. The van der Waals surface area contributed by atoms with Gasteiger partial charge >= 0.3 is 0 Å². The smallest absolute Gasteiger partial charge is 0.194 e. The van der Waals surface area contributed by atoms with Gasteiger partial charge in [-0.3, -0.25) is 0 Å². The van der Waals surface area contributed by atoms with E-state index in [0.717, 1.165) is 40.4 Å². The molecule has 2 aromatic rings. The number of halogens is 1. The molecule has 0 radical (unpaired) electrons. The maximum Gasteiger partial charge on any atom is 0.194 e. The standard InChI is InChI=1S/C14H19BrN2OS/c1-14(2,3)17-6-4-5-13-16-8-11(18-13)10-7-12(15)19-9-10/h7-9,17H,4-6H2,1-3H3. The molecule has 0 aliphatic rings. The molecule has 1 N–H and O–H groups in total. The zero-order valence-corrected chi connectivity index (χ0v) is 13.9. The zero-order valence-electron chi connectivity index (χ0n) is 11.5. The highest BCUT2D eigenvalue weighted by atomic mass is 79.9. The zero-order chi connectivity index (χ0) is 13.9. The lowest BCUT2D eigenvalue weighted by molar-refractivity contribution is 0.413. The molecule has 0 aromatic carbocycles. The normalized spacial score (nSPS) is 12.0. The Labute approximate surface area is 126 Å². The number of oxazole rings is 1. The number of aromatic nitrogens is 1. The third-order valence-corrected chi connectivity index (χ3v) is 4.13. The van der Waals surface area contributed by atoms with Gasteiger partial charge in [-0.2, -0.15) is 0 Å². The van der Waals surface area contributed by atoms with Gasteiger partial charge in [-0.1, -0.05) is 0 Å². The summed E-state index contributed by atoms with van der Waals surface area (Å²) in [5.74, 6) is 1.66. The molecule has 0 spiro atoms. The van der Waals surface area contributed by atoms with Gasteiger partial charge in [-0.25, -0.2) is 4.98 Å². The van der Waals surface area contributed by atoms with Gasteiger partial charge in [0.1, 0.15) is 0 Å². The first-order chi connectivity index (χ1) is 8.94. The van der Waals surface area contributed by atoms with Gasteiger partial charge in [-0.15, -0.1) is 11.3 Å². The number of hydrogen-bond acceptors (Lipinski definition) is 4. The van der Waals surface area contributed by atoms with E-state index in [4.69, 9.17) is 4.42 Å². The molecule has 0 bridgehead atoms. The quantitative estimate of drug-likeness (QED) is 0.813. The van der Waals surface area contributed by atoms with Crippen molar-refractivity contribution in [2.75, 3.05) is 6.54 Å². The number of thiophene rings is 1. The van der Waals surface area contributed by atoms with Crippen molar-refractivity contribution < 1.29 is 4.42 Å². The van der Waals surface area contributed by atoms with Gasteiger partial charge in [-0.05, 0) is 55.7 Å². The first-order valence-corrected chi connectivity index (χ1v) is 8.05. The highest BCUT2D eigenvalue weighted by molar-refractivity contribution is 9.11. The summed E-state index contributed by atoms with van der Waals surface area (Å²) in [6.45, 7) is 7.49. The number of nitrogens with one attached hydrogen (secondary N) is 1. The highest BCUT2D eigenvalue weighted by Gasteiger charge is 2.10. The molecule has 104 valence electrons. The Hall–Kier alpha value is -0.650. The van der Waals surface area contributed by atoms with Gasteiger partial charge in [0.05, 0.1) is 9.98 Å². The van der Waals surface area contributed by atoms with Crippen molar-refractivity contribution >= 4 is 27.3 Å². The molecule has 19 heavy (non-hydrogen) atoms. The number of aryl methyl sites for hydroxylation is 1. The summed E-state index contributed by atoms with van der Waals surface area (Å²) in [6, 6.07) is 2.05. The predicted octanol–water partition coefficient (Wildman–Crippen LogP) is 4.49. The first kappa shape index (κ1) is 14.8. The minimum Gasteiger partial charge on any atom is -0.441 e. The molecule has 0 unspecified atom stereocenters. The summed E-state index contributed by atoms with van der Waals surface area (Å²) in [5, 5.41) is 5.52. The first-order valence-electron chi connectivity index (χ1n) is 6.38. The van der Waals surface area contributed by atoms with E-state index < -0.39 is 0 Å². The highest BCUT2D eigenvalue weighted by Crippen LogP contribution is 2.29.